The van der Waals surface area contributed by atoms with Crippen LogP contribution in [0.4, 0.5) is 0 Å². The molecule has 16 heavy (non-hydrogen) atoms. The number of nitrogens with one attached hydrogen (secondary N) is 1. The fourth-order valence-electron chi connectivity index (χ4n) is 1.28. The predicted molar refractivity (Wildman–Crippen MR) is 66.1 cm³/mol. The van der Waals surface area contributed by atoms with E-state index in [1.807, 2.05) is 12.1 Å². The predicted octanol–water partition coefficient (Wildman–Crippen LogP) is 1.34. The van der Waals surface area contributed by atoms with E-state index in [0.717, 1.165) is 17.3 Å². The fourth-order valence-corrected chi connectivity index (χ4v) is 2.37. The first-order chi connectivity index (χ1) is 7.58. The molecule has 0 spiro atoms. The number of aliphatic carboxylic acids is 1. The highest BCUT2D eigenvalue weighted by Crippen LogP contribution is 2.21. The number of thiophene rings is 1. The normalized spacial score (nSPS) is 12.6. The van der Waals surface area contributed by atoms with E-state index < -0.39 is 5.97 Å². The van der Waals surface area contributed by atoms with Gasteiger partial charge in [-0.05, 0) is 18.6 Å². The number of carboxylic acids is 1. The van der Waals surface area contributed by atoms with Crippen molar-refractivity contribution in [2.24, 2.45) is 5.73 Å². The maximum atomic E-state index is 10.3. The van der Waals surface area contributed by atoms with Crippen molar-refractivity contribution in [1.82, 2.24) is 5.32 Å². The number of nitrogens with two attached hydrogens (primary N) is 1. The van der Waals surface area contributed by atoms with Crippen molar-refractivity contribution >= 4 is 28.9 Å². The molecular weight excluding hydrogens is 248 g/mol. The summed E-state index contributed by atoms with van der Waals surface area (Å²) in [6.07, 6.45) is 0.884. The summed E-state index contributed by atoms with van der Waals surface area (Å²) in [5.41, 5.74) is 5.60. The molecule has 0 aliphatic heterocycles. The minimum Gasteiger partial charge on any atom is -0.481 e. The summed E-state index contributed by atoms with van der Waals surface area (Å²) in [6, 6.07) is 3.54. The quantitative estimate of drug-likeness (QED) is 0.648. The van der Waals surface area contributed by atoms with Crippen molar-refractivity contribution < 1.29 is 9.90 Å². The highest BCUT2D eigenvalue weighted by atomic mass is 35.5. The molecule has 0 amide bonds. The van der Waals surface area contributed by atoms with Crippen molar-refractivity contribution in [2.75, 3.05) is 13.1 Å². The molecule has 1 aromatic rings. The van der Waals surface area contributed by atoms with E-state index in [1.54, 1.807) is 11.3 Å². The Morgan fingerprint density at radius 1 is 1.62 bits per heavy atom. The Labute approximate surface area is 103 Å². The van der Waals surface area contributed by atoms with Gasteiger partial charge in [0.15, 0.2) is 0 Å². The molecule has 0 bridgehead atoms. The first kappa shape index (κ1) is 13.4. The van der Waals surface area contributed by atoms with Crippen molar-refractivity contribution in [3.05, 3.63) is 21.3 Å². The first-order valence-electron chi connectivity index (χ1n) is 5.00. The SMILES string of the molecule is NC(CNCCc1ccc(Cl)s1)CC(=O)O. The summed E-state index contributed by atoms with van der Waals surface area (Å²) in [7, 11) is 0. The Morgan fingerprint density at radius 2 is 2.38 bits per heavy atom. The van der Waals surface area contributed by atoms with Gasteiger partial charge in [-0.1, -0.05) is 11.6 Å². The summed E-state index contributed by atoms with van der Waals surface area (Å²) < 4.78 is 0.789. The third kappa shape index (κ3) is 5.46. The Hall–Kier alpha value is -0.620. The molecule has 1 unspecified atom stereocenters. The second kappa shape index (κ2) is 6.85. The molecule has 0 aromatic carbocycles. The minimum absolute atomic E-state index is 0.00215. The van der Waals surface area contributed by atoms with Crippen molar-refractivity contribution in [1.29, 1.82) is 0 Å². The van der Waals surface area contributed by atoms with Gasteiger partial charge in [-0.25, -0.2) is 0 Å². The van der Waals surface area contributed by atoms with Crippen LogP contribution in [0.15, 0.2) is 12.1 Å². The summed E-state index contributed by atoms with van der Waals surface area (Å²) >= 11 is 7.35. The molecular formula is C10H15ClN2O2S. The molecule has 0 aliphatic rings. The molecule has 4 N–H and O–H groups in total. The molecule has 1 aromatic heterocycles. The molecule has 1 rings (SSSR count). The van der Waals surface area contributed by atoms with Crippen molar-refractivity contribution in [3.63, 3.8) is 0 Å². The molecule has 1 heterocycles. The number of halogens is 1. The van der Waals surface area contributed by atoms with Crippen LogP contribution in [0, 0.1) is 0 Å². The standard InChI is InChI=1S/C10H15ClN2O2S/c11-9-2-1-8(16-9)3-4-13-6-7(12)5-10(14)15/h1-2,7,13H,3-6,12H2,(H,14,15). The van der Waals surface area contributed by atoms with Crippen LogP contribution in [0.1, 0.15) is 11.3 Å². The molecule has 0 radical (unpaired) electrons. The van der Waals surface area contributed by atoms with E-state index >= 15 is 0 Å². The second-order valence-corrected chi connectivity index (χ2v) is 5.32. The third-order valence-corrected chi connectivity index (χ3v) is 3.31. The average molecular weight is 263 g/mol. The average Bonchev–Trinajstić information content (AvgIpc) is 2.58. The van der Waals surface area contributed by atoms with Gasteiger partial charge in [-0.15, -0.1) is 11.3 Å². The maximum absolute atomic E-state index is 10.3. The van der Waals surface area contributed by atoms with Crippen LogP contribution < -0.4 is 11.1 Å². The van der Waals surface area contributed by atoms with Gasteiger partial charge in [0, 0.05) is 24.0 Å². The summed E-state index contributed by atoms with van der Waals surface area (Å²) in [5.74, 6) is -0.862. The lowest BCUT2D eigenvalue weighted by Crippen LogP contribution is -2.36. The molecule has 0 saturated carbocycles. The Bertz CT molecular complexity index is 343. The van der Waals surface area contributed by atoms with E-state index in [9.17, 15) is 4.79 Å². The maximum Gasteiger partial charge on any atom is 0.304 e. The van der Waals surface area contributed by atoms with Crippen LogP contribution in [0.2, 0.25) is 4.34 Å². The number of rotatable bonds is 7. The molecule has 0 aliphatic carbocycles. The number of carbonyl (C=O) groups is 1. The smallest absolute Gasteiger partial charge is 0.304 e. The first-order valence-corrected chi connectivity index (χ1v) is 6.19. The van der Waals surface area contributed by atoms with E-state index in [0.29, 0.717) is 6.54 Å². The third-order valence-electron chi connectivity index (χ3n) is 2.02. The molecule has 0 saturated heterocycles. The summed E-state index contributed by atoms with van der Waals surface area (Å²) in [5, 5.41) is 11.6. The molecule has 1 atom stereocenters. The molecule has 4 nitrogen and oxygen atoms in total. The van der Waals surface area contributed by atoms with Gasteiger partial charge in [-0.3, -0.25) is 4.79 Å². The van der Waals surface area contributed by atoms with E-state index in [2.05, 4.69) is 5.32 Å². The van der Waals surface area contributed by atoms with Gasteiger partial charge in [0.25, 0.3) is 0 Å². The van der Waals surface area contributed by atoms with Crippen LogP contribution in [-0.4, -0.2) is 30.2 Å². The zero-order valence-corrected chi connectivity index (χ0v) is 10.4. The fraction of sp³-hybridized carbons (Fsp3) is 0.500. The van der Waals surface area contributed by atoms with Crippen molar-refractivity contribution in [2.45, 2.75) is 18.9 Å². The molecule has 90 valence electrons. The topological polar surface area (TPSA) is 75.3 Å². The van der Waals surface area contributed by atoms with Crippen LogP contribution in [-0.2, 0) is 11.2 Å². The van der Waals surface area contributed by atoms with E-state index in [-0.39, 0.29) is 12.5 Å². The van der Waals surface area contributed by atoms with Crippen LogP contribution in [0.3, 0.4) is 0 Å². The summed E-state index contributed by atoms with van der Waals surface area (Å²) in [6.45, 7) is 1.30. The van der Waals surface area contributed by atoms with Crippen LogP contribution >= 0.6 is 22.9 Å². The van der Waals surface area contributed by atoms with Gasteiger partial charge < -0.3 is 16.2 Å². The lowest BCUT2D eigenvalue weighted by molar-refractivity contribution is -0.137. The van der Waals surface area contributed by atoms with Gasteiger partial charge in [0.05, 0.1) is 10.8 Å². The summed E-state index contributed by atoms with van der Waals surface area (Å²) in [4.78, 5) is 11.6. The minimum atomic E-state index is -0.862. The van der Waals surface area contributed by atoms with Crippen molar-refractivity contribution in [3.8, 4) is 0 Å². The number of hydrogen-bond donors (Lipinski definition) is 3. The molecule has 6 heteroatoms. The largest absolute Gasteiger partial charge is 0.481 e. The highest BCUT2D eigenvalue weighted by molar-refractivity contribution is 7.16. The zero-order chi connectivity index (χ0) is 12.0. The lowest BCUT2D eigenvalue weighted by atomic mass is 10.2. The van der Waals surface area contributed by atoms with Gasteiger partial charge in [0.2, 0.25) is 0 Å². The van der Waals surface area contributed by atoms with Gasteiger partial charge in [0.1, 0.15) is 0 Å². The van der Waals surface area contributed by atoms with Gasteiger partial charge in [-0.2, -0.15) is 0 Å². The van der Waals surface area contributed by atoms with Gasteiger partial charge >= 0.3 is 5.97 Å². The Balaban J connectivity index is 2.10. The monoisotopic (exact) mass is 262 g/mol. The number of carboxylic acid groups (broad SMARTS) is 1. The molecule has 0 fully saturated rings. The lowest BCUT2D eigenvalue weighted by Gasteiger charge is -2.09. The number of hydrogen-bond acceptors (Lipinski definition) is 4. The van der Waals surface area contributed by atoms with Crippen LogP contribution in [0.5, 0.6) is 0 Å². The zero-order valence-electron chi connectivity index (χ0n) is 8.78. The van der Waals surface area contributed by atoms with E-state index in [1.165, 1.54) is 4.88 Å². The Morgan fingerprint density at radius 3 is 2.94 bits per heavy atom. The Kier molecular flexibility index (Phi) is 5.76. The second-order valence-electron chi connectivity index (χ2n) is 3.52. The highest BCUT2D eigenvalue weighted by Gasteiger charge is 2.06. The van der Waals surface area contributed by atoms with Crippen LogP contribution in [0.25, 0.3) is 0 Å². The van der Waals surface area contributed by atoms with E-state index in [4.69, 9.17) is 22.4 Å².